The predicted octanol–water partition coefficient (Wildman–Crippen LogP) is 2.48. The van der Waals surface area contributed by atoms with Crippen molar-refractivity contribution in [1.82, 2.24) is 0 Å². The molecule has 1 fully saturated rings. The molecule has 0 atom stereocenters. The number of carbonyl (C=O) groups is 2. The molecule has 2 amide bonds. The van der Waals surface area contributed by atoms with Crippen molar-refractivity contribution >= 4 is 33.2 Å². The topological polar surface area (TPSA) is 74.8 Å². The lowest BCUT2D eigenvalue weighted by Crippen LogP contribution is -2.40. The number of piperidine rings is 1. The van der Waals surface area contributed by atoms with E-state index in [9.17, 15) is 18.0 Å². The van der Waals surface area contributed by atoms with Crippen LogP contribution in [0.5, 0.6) is 0 Å². The van der Waals surface area contributed by atoms with Gasteiger partial charge in [0.25, 0.3) is 10.0 Å². The number of sulfonamides is 1. The Kier molecular flexibility index (Phi) is 4.03. The summed E-state index contributed by atoms with van der Waals surface area (Å²) in [5, 5.41) is 0. The van der Waals surface area contributed by atoms with Gasteiger partial charge in [-0.2, -0.15) is 0 Å². The summed E-state index contributed by atoms with van der Waals surface area (Å²) in [7, 11) is -3.68. The zero-order valence-corrected chi connectivity index (χ0v) is 14.9. The molecule has 0 N–H and O–H groups in total. The van der Waals surface area contributed by atoms with Gasteiger partial charge in [-0.1, -0.05) is 18.2 Å². The summed E-state index contributed by atoms with van der Waals surface area (Å²) < 4.78 is 27.4. The van der Waals surface area contributed by atoms with Crippen LogP contribution in [0.3, 0.4) is 0 Å². The second-order valence-electron chi connectivity index (χ2n) is 6.43. The van der Waals surface area contributed by atoms with Crippen LogP contribution in [0.15, 0.2) is 53.4 Å². The van der Waals surface area contributed by atoms with E-state index in [0.717, 1.165) is 10.5 Å². The van der Waals surface area contributed by atoms with Crippen molar-refractivity contribution in [3.8, 4) is 0 Å². The number of imide groups is 1. The molecule has 0 bridgehead atoms. The van der Waals surface area contributed by atoms with Crippen LogP contribution in [0, 0.1) is 0 Å². The van der Waals surface area contributed by atoms with Gasteiger partial charge < -0.3 is 0 Å². The van der Waals surface area contributed by atoms with Crippen molar-refractivity contribution in [2.45, 2.75) is 30.6 Å². The molecule has 0 aromatic heterocycles. The smallest absolute Gasteiger partial charge is 0.264 e. The highest BCUT2D eigenvalue weighted by Crippen LogP contribution is 2.33. The lowest BCUT2D eigenvalue weighted by molar-refractivity contribution is -0.129. The summed E-state index contributed by atoms with van der Waals surface area (Å²) in [6.07, 6.45) is 1.91. The van der Waals surface area contributed by atoms with Crippen molar-refractivity contribution in [1.29, 1.82) is 0 Å². The van der Waals surface area contributed by atoms with Crippen LogP contribution >= 0.6 is 0 Å². The zero-order valence-electron chi connectivity index (χ0n) is 14.1. The molecule has 1 saturated heterocycles. The molecule has 4 rings (SSSR count). The molecule has 134 valence electrons. The van der Waals surface area contributed by atoms with Crippen molar-refractivity contribution in [3.63, 3.8) is 0 Å². The van der Waals surface area contributed by atoms with Crippen LogP contribution in [0.2, 0.25) is 0 Å². The molecule has 26 heavy (non-hydrogen) atoms. The predicted molar refractivity (Wildman–Crippen MR) is 97.5 cm³/mol. The fraction of sp³-hybridized carbons (Fsp3) is 0.263. The SMILES string of the molecule is O=C1CCCC(=O)N1c1ccc(S(=O)(=O)N2CCc3ccccc32)cc1. The van der Waals surface area contributed by atoms with Crippen LogP contribution in [0.4, 0.5) is 11.4 Å². The molecular weight excluding hydrogens is 352 g/mol. The van der Waals surface area contributed by atoms with Crippen LogP contribution in [-0.2, 0) is 26.0 Å². The Morgan fingerprint density at radius 1 is 0.808 bits per heavy atom. The van der Waals surface area contributed by atoms with Crippen LogP contribution in [-0.4, -0.2) is 26.8 Å². The molecule has 2 aromatic rings. The number of para-hydroxylation sites is 1. The van der Waals surface area contributed by atoms with Crippen molar-refractivity contribution in [2.75, 3.05) is 15.7 Å². The van der Waals surface area contributed by atoms with Gasteiger partial charge in [0.15, 0.2) is 0 Å². The Labute approximate surface area is 152 Å². The molecule has 2 heterocycles. The summed E-state index contributed by atoms with van der Waals surface area (Å²) in [5.41, 5.74) is 2.13. The molecule has 2 aliphatic heterocycles. The number of anilines is 2. The van der Waals surface area contributed by atoms with E-state index in [1.54, 1.807) is 6.07 Å². The third-order valence-corrected chi connectivity index (χ3v) is 6.63. The van der Waals surface area contributed by atoms with Crippen LogP contribution in [0.25, 0.3) is 0 Å². The molecule has 6 nitrogen and oxygen atoms in total. The van der Waals surface area contributed by atoms with Crippen LogP contribution < -0.4 is 9.21 Å². The second-order valence-corrected chi connectivity index (χ2v) is 8.29. The van der Waals surface area contributed by atoms with Crippen molar-refractivity contribution in [3.05, 3.63) is 54.1 Å². The first kappa shape index (κ1) is 16.8. The molecule has 0 unspecified atom stereocenters. The fourth-order valence-corrected chi connectivity index (χ4v) is 5.00. The number of hydrogen-bond donors (Lipinski definition) is 0. The van der Waals surface area contributed by atoms with E-state index >= 15 is 0 Å². The Morgan fingerprint density at radius 2 is 1.46 bits per heavy atom. The summed E-state index contributed by atoms with van der Waals surface area (Å²) >= 11 is 0. The van der Waals surface area contributed by atoms with E-state index in [1.807, 2.05) is 18.2 Å². The van der Waals surface area contributed by atoms with Gasteiger partial charge >= 0.3 is 0 Å². The van der Waals surface area contributed by atoms with E-state index in [4.69, 9.17) is 0 Å². The maximum absolute atomic E-state index is 13.0. The lowest BCUT2D eigenvalue weighted by atomic mass is 10.1. The average Bonchev–Trinajstić information content (AvgIpc) is 3.07. The van der Waals surface area contributed by atoms with E-state index in [2.05, 4.69) is 0 Å². The number of benzene rings is 2. The first-order valence-electron chi connectivity index (χ1n) is 8.55. The van der Waals surface area contributed by atoms with Gasteiger partial charge in [-0.3, -0.25) is 18.8 Å². The quantitative estimate of drug-likeness (QED) is 0.778. The highest BCUT2D eigenvalue weighted by Gasteiger charge is 2.31. The average molecular weight is 370 g/mol. The summed E-state index contributed by atoms with van der Waals surface area (Å²) in [4.78, 5) is 25.3. The maximum Gasteiger partial charge on any atom is 0.264 e. The van der Waals surface area contributed by atoms with E-state index in [1.165, 1.54) is 28.6 Å². The Balaban J connectivity index is 1.65. The number of fused-ring (bicyclic) bond motifs is 1. The monoisotopic (exact) mass is 370 g/mol. The molecule has 0 aliphatic carbocycles. The number of rotatable bonds is 3. The van der Waals surface area contributed by atoms with Crippen molar-refractivity contribution in [2.24, 2.45) is 0 Å². The molecule has 7 heteroatoms. The second kappa shape index (κ2) is 6.25. The third-order valence-electron chi connectivity index (χ3n) is 4.81. The van der Waals surface area contributed by atoms with Crippen LogP contribution in [0.1, 0.15) is 24.8 Å². The number of carbonyl (C=O) groups excluding carboxylic acids is 2. The minimum absolute atomic E-state index is 0.148. The Morgan fingerprint density at radius 3 is 2.15 bits per heavy atom. The minimum Gasteiger partial charge on any atom is -0.274 e. The van der Waals surface area contributed by atoms with Gasteiger partial charge in [-0.15, -0.1) is 0 Å². The Hall–Kier alpha value is -2.67. The molecule has 0 saturated carbocycles. The van der Waals surface area contributed by atoms with Gasteiger partial charge in [0.2, 0.25) is 11.8 Å². The fourth-order valence-electron chi connectivity index (χ4n) is 3.49. The van der Waals surface area contributed by atoms with E-state index in [0.29, 0.717) is 43.6 Å². The molecule has 2 aromatic carbocycles. The summed E-state index contributed by atoms with van der Waals surface area (Å²) in [6.45, 7) is 0.409. The summed E-state index contributed by atoms with van der Waals surface area (Å²) in [6, 6.07) is 13.4. The molecule has 2 aliphatic rings. The van der Waals surface area contributed by atoms with E-state index in [-0.39, 0.29) is 16.7 Å². The third kappa shape index (κ3) is 2.68. The zero-order chi connectivity index (χ0) is 18.3. The number of hydrogen-bond acceptors (Lipinski definition) is 4. The molecule has 0 spiro atoms. The standard InChI is InChI=1S/C19H18N2O4S/c22-18-6-3-7-19(23)21(18)15-8-10-16(11-9-15)26(24,25)20-13-12-14-4-1-2-5-17(14)20/h1-2,4-5,8-11H,3,6-7,12-13H2. The van der Waals surface area contributed by atoms with Gasteiger partial charge in [0.05, 0.1) is 16.3 Å². The normalized spacial score (nSPS) is 17.5. The highest BCUT2D eigenvalue weighted by molar-refractivity contribution is 7.92. The molecule has 0 radical (unpaired) electrons. The van der Waals surface area contributed by atoms with Gasteiger partial charge in [0.1, 0.15) is 0 Å². The number of nitrogens with zero attached hydrogens (tertiary/aromatic N) is 2. The first-order chi connectivity index (χ1) is 12.5. The van der Waals surface area contributed by atoms with Crippen molar-refractivity contribution < 1.29 is 18.0 Å². The number of amides is 2. The minimum atomic E-state index is -3.68. The van der Waals surface area contributed by atoms with Gasteiger partial charge in [-0.05, 0) is 48.7 Å². The Bertz CT molecular complexity index is 967. The van der Waals surface area contributed by atoms with Gasteiger partial charge in [-0.25, -0.2) is 8.42 Å². The summed E-state index contributed by atoms with van der Waals surface area (Å²) in [5.74, 6) is -0.490. The first-order valence-corrected chi connectivity index (χ1v) is 9.99. The highest BCUT2D eigenvalue weighted by atomic mass is 32.2. The maximum atomic E-state index is 13.0. The molecular formula is C19H18N2O4S. The largest absolute Gasteiger partial charge is 0.274 e. The van der Waals surface area contributed by atoms with Gasteiger partial charge in [0, 0.05) is 19.4 Å². The van der Waals surface area contributed by atoms with E-state index < -0.39 is 10.0 Å². The lowest BCUT2D eigenvalue weighted by Gasteiger charge is -2.25.